The topological polar surface area (TPSA) is 81.4 Å². The second-order valence-electron chi connectivity index (χ2n) is 5.51. The molecule has 0 aliphatic carbocycles. The molecular weight excluding hydrogens is 364 g/mol. The van der Waals surface area contributed by atoms with Gasteiger partial charge in [0.1, 0.15) is 11.5 Å². The lowest BCUT2D eigenvalue weighted by Gasteiger charge is -2.09. The predicted octanol–water partition coefficient (Wildman–Crippen LogP) is 3.63. The summed E-state index contributed by atoms with van der Waals surface area (Å²) in [6.45, 7) is 2.91. The van der Waals surface area contributed by atoms with Gasteiger partial charge in [0, 0.05) is 11.3 Å². The number of rotatable bonds is 7. The number of nitrogens with zero attached hydrogens (tertiary/aromatic N) is 2. The molecular formula is C19H20N4O3S. The second-order valence-corrected chi connectivity index (χ2v) is 5.91. The minimum Gasteiger partial charge on any atom is -0.497 e. The van der Waals surface area contributed by atoms with Crippen molar-refractivity contribution in [2.45, 2.75) is 13.5 Å². The Bertz CT molecular complexity index is 879. The molecule has 8 heteroatoms. The Hall–Kier alpha value is -3.13. The van der Waals surface area contributed by atoms with Gasteiger partial charge in [-0.05, 0) is 67.7 Å². The molecule has 0 atom stereocenters. The van der Waals surface area contributed by atoms with Gasteiger partial charge in [0.25, 0.3) is 0 Å². The maximum absolute atomic E-state index is 5.41. The zero-order valence-electron chi connectivity index (χ0n) is 15.1. The van der Waals surface area contributed by atoms with Gasteiger partial charge in [-0.1, -0.05) is 5.16 Å². The molecule has 0 amide bonds. The Balaban J connectivity index is 1.52. The van der Waals surface area contributed by atoms with Gasteiger partial charge in [0.05, 0.1) is 20.3 Å². The second kappa shape index (κ2) is 9.00. The number of hydrogen-bond donors (Lipinski definition) is 2. The lowest BCUT2D eigenvalue weighted by Crippen LogP contribution is -2.27. The van der Waals surface area contributed by atoms with Gasteiger partial charge in [-0.25, -0.2) is 0 Å². The number of ether oxygens (including phenoxy) is 2. The van der Waals surface area contributed by atoms with Crippen LogP contribution >= 0.6 is 12.2 Å². The third kappa shape index (κ3) is 5.18. The molecule has 3 rings (SSSR count). The first-order chi connectivity index (χ1) is 13.2. The summed E-state index contributed by atoms with van der Waals surface area (Å²) in [5.74, 6) is 2.55. The highest BCUT2D eigenvalue weighted by molar-refractivity contribution is 7.80. The lowest BCUT2D eigenvalue weighted by atomic mass is 10.2. The van der Waals surface area contributed by atoms with Crippen molar-refractivity contribution in [1.29, 1.82) is 0 Å². The van der Waals surface area contributed by atoms with Crippen LogP contribution in [-0.2, 0) is 6.54 Å². The van der Waals surface area contributed by atoms with E-state index in [0.717, 1.165) is 22.7 Å². The molecule has 0 bridgehead atoms. The van der Waals surface area contributed by atoms with E-state index in [1.54, 1.807) is 7.11 Å². The fourth-order valence-corrected chi connectivity index (χ4v) is 2.51. The van der Waals surface area contributed by atoms with Crippen LogP contribution in [0, 0.1) is 0 Å². The molecule has 0 fully saturated rings. The van der Waals surface area contributed by atoms with Crippen molar-refractivity contribution in [1.82, 2.24) is 15.5 Å². The van der Waals surface area contributed by atoms with Gasteiger partial charge < -0.3 is 24.6 Å². The average molecular weight is 384 g/mol. The Morgan fingerprint density at radius 2 is 1.78 bits per heavy atom. The Labute approximate surface area is 162 Å². The fraction of sp³-hybridized carbons (Fsp3) is 0.211. The standard InChI is InChI=1S/C19H20N4O3S/c1-3-25-16-10-6-14(7-11-16)21-19(27)20-12-17-22-18(23-26-17)13-4-8-15(24-2)9-5-13/h4-11H,3,12H2,1-2H3,(H2,20,21,27). The van der Waals surface area contributed by atoms with E-state index in [4.69, 9.17) is 26.2 Å². The van der Waals surface area contributed by atoms with E-state index in [1.165, 1.54) is 0 Å². The van der Waals surface area contributed by atoms with Crippen molar-refractivity contribution < 1.29 is 14.0 Å². The monoisotopic (exact) mass is 384 g/mol. The first-order valence-corrected chi connectivity index (χ1v) is 8.83. The van der Waals surface area contributed by atoms with Crippen LogP contribution in [0.5, 0.6) is 11.5 Å². The van der Waals surface area contributed by atoms with Gasteiger partial charge in [-0.3, -0.25) is 0 Å². The van der Waals surface area contributed by atoms with Gasteiger partial charge >= 0.3 is 0 Å². The van der Waals surface area contributed by atoms with E-state index < -0.39 is 0 Å². The maximum Gasteiger partial charge on any atom is 0.246 e. The molecule has 0 unspecified atom stereocenters. The smallest absolute Gasteiger partial charge is 0.246 e. The van der Waals surface area contributed by atoms with Crippen LogP contribution in [0.25, 0.3) is 11.4 Å². The van der Waals surface area contributed by atoms with Crippen LogP contribution in [0.3, 0.4) is 0 Å². The average Bonchev–Trinajstić information content (AvgIpc) is 3.17. The summed E-state index contributed by atoms with van der Waals surface area (Å²) < 4.78 is 15.8. The number of nitrogens with one attached hydrogen (secondary N) is 2. The molecule has 0 radical (unpaired) electrons. The lowest BCUT2D eigenvalue weighted by molar-refractivity contribution is 0.340. The molecule has 140 valence electrons. The number of methoxy groups -OCH3 is 1. The highest BCUT2D eigenvalue weighted by atomic mass is 32.1. The summed E-state index contributed by atoms with van der Waals surface area (Å²) >= 11 is 5.29. The highest BCUT2D eigenvalue weighted by Gasteiger charge is 2.09. The van der Waals surface area contributed by atoms with Crippen LogP contribution in [0.1, 0.15) is 12.8 Å². The molecule has 1 aromatic heterocycles. The van der Waals surface area contributed by atoms with Gasteiger partial charge in [-0.15, -0.1) is 0 Å². The summed E-state index contributed by atoms with van der Waals surface area (Å²) in [6.07, 6.45) is 0. The molecule has 0 aliphatic heterocycles. The molecule has 0 spiro atoms. The third-order valence-corrected chi connectivity index (χ3v) is 3.89. The minimum atomic E-state index is 0.325. The van der Waals surface area contributed by atoms with Crippen molar-refractivity contribution in [3.63, 3.8) is 0 Å². The number of thiocarbonyl (C=S) groups is 1. The van der Waals surface area contributed by atoms with Crippen molar-refractivity contribution in [3.05, 3.63) is 54.4 Å². The van der Waals surface area contributed by atoms with Crippen molar-refractivity contribution in [3.8, 4) is 22.9 Å². The summed E-state index contributed by atoms with van der Waals surface area (Å²) in [5, 5.41) is 10.6. The van der Waals surface area contributed by atoms with Gasteiger partial charge in [-0.2, -0.15) is 4.98 Å². The first-order valence-electron chi connectivity index (χ1n) is 8.42. The quantitative estimate of drug-likeness (QED) is 0.598. The Morgan fingerprint density at radius 1 is 1.07 bits per heavy atom. The molecule has 0 saturated heterocycles. The summed E-state index contributed by atoms with van der Waals surface area (Å²) in [6, 6.07) is 15.0. The fourth-order valence-electron chi connectivity index (χ4n) is 2.32. The van der Waals surface area contributed by atoms with Crippen LogP contribution in [0.2, 0.25) is 0 Å². The number of anilines is 1. The Morgan fingerprint density at radius 3 is 2.44 bits per heavy atom. The molecule has 27 heavy (non-hydrogen) atoms. The molecule has 2 aromatic carbocycles. The van der Waals surface area contributed by atoms with Crippen LogP contribution < -0.4 is 20.1 Å². The van der Waals surface area contributed by atoms with Gasteiger partial charge in [0.2, 0.25) is 11.7 Å². The molecule has 7 nitrogen and oxygen atoms in total. The number of hydrogen-bond acceptors (Lipinski definition) is 6. The molecule has 1 heterocycles. The van der Waals surface area contributed by atoms with Crippen LogP contribution in [-0.4, -0.2) is 29.0 Å². The zero-order chi connectivity index (χ0) is 19.1. The van der Waals surface area contributed by atoms with E-state index in [9.17, 15) is 0 Å². The predicted molar refractivity (Wildman–Crippen MR) is 107 cm³/mol. The van der Waals surface area contributed by atoms with E-state index in [-0.39, 0.29) is 0 Å². The molecule has 0 aliphatic rings. The number of aromatic nitrogens is 2. The first kappa shape index (κ1) is 18.7. The van der Waals surface area contributed by atoms with E-state index >= 15 is 0 Å². The maximum atomic E-state index is 5.41. The molecule has 3 aromatic rings. The Kier molecular flexibility index (Phi) is 6.22. The van der Waals surface area contributed by atoms with Crippen molar-refractivity contribution in [2.75, 3.05) is 19.0 Å². The van der Waals surface area contributed by atoms with E-state index in [1.807, 2.05) is 55.5 Å². The summed E-state index contributed by atoms with van der Waals surface area (Å²) in [4.78, 5) is 4.36. The van der Waals surface area contributed by atoms with E-state index in [0.29, 0.717) is 30.0 Å². The normalized spacial score (nSPS) is 10.3. The SMILES string of the molecule is CCOc1ccc(NC(=S)NCc2nc(-c3ccc(OC)cc3)no2)cc1. The molecule has 0 saturated carbocycles. The zero-order valence-corrected chi connectivity index (χ0v) is 15.9. The van der Waals surface area contributed by atoms with Crippen molar-refractivity contribution >= 4 is 23.0 Å². The van der Waals surface area contributed by atoms with Gasteiger partial charge in [0.15, 0.2) is 5.11 Å². The largest absolute Gasteiger partial charge is 0.497 e. The third-order valence-electron chi connectivity index (χ3n) is 3.64. The molecule has 2 N–H and O–H groups in total. The highest BCUT2D eigenvalue weighted by Crippen LogP contribution is 2.19. The minimum absolute atomic E-state index is 0.325. The van der Waals surface area contributed by atoms with Crippen LogP contribution in [0.15, 0.2) is 53.1 Å². The van der Waals surface area contributed by atoms with E-state index in [2.05, 4.69) is 20.8 Å². The number of benzene rings is 2. The summed E-state index contributed by atoms with van der Waals surface area (Å²) in [5.41, 5.74) is 1.71. The van der Waals surface area contributed by atoms with Crippen LogP contribution in [0.4, 0.5) is 5.69 Å². The van der Waals surface area contributed by atoms with Crippen molar-refractivity contribution in [2.24, 2.45) is 0 Å². The summed E-state index contributed by atoms with van der Waals surface area (Å²) in [7, 11) is 1.62.